The molecule has 0 N–H and O–H groups in total. The van der Waals surface area contributed by atoms with Crippen molar-refractivity contribution in [2.75, 3.05) is 0 Å². The van der Waals surface area contributed by atoms with Gasteiger partial charge in [-0.15, -0.1) is 0 Å². The largest absolute Gasteiger partial charge is 0.489 e. The van der Waals surface area contributed by atoms with E-state index in [1.807, 2.05) is 0 Å². The summed E-state index contributed by atoms with van der Waals surface area (Å²) >= 11 is 9.04. The van der Waals surface area contributed by atoms with Gasteiger partial charge < -0.3 is 4.74 Å². The number of nitrogens with zero attached hydrogens (tertiary/aromatic N) is 1. The molecule has 0 saturated carbocycles. The highest BCUT2D eigenvalue weighted by molar-refractivity contribution is 9.10. The van der Waals surface area contributed by atoms with Crippen LogP contribution in [-0.4, -0.2) is 4.92 Å². The van der Waals surface area contributed by atoms with Gasteiger partial charge in [-0.3, -0.25) is 10.1 Å². The molecule has 0 aliphatic carbocycles. The lowest BCUT2D eigenvalue weighted by Gasteiger charge is -2.07. The van der Waals surface area contributed by atoms with Gasteiger partial charge in [-0.2, -0.15) is 0 Å². The third-order valence-corrected chi connectivity index (χ3v) is 3.16. The Hall–Kier alpha value is -1.59. The van der Waals surface area contributed by atoms with E-state index in [2.05, 4.69) is 15.9 Å². The molecule has 0 aliphatic heterocycles. The number of benzene rings is 2. The Morgan fingerprint density at radius 1 is 1.26 bits per heavy atom. The average molecular weight is 343 g/mol. The summed E-state index contributed by atoms with van der Waals surface area (Å²) in [7, 11) is 0. The smallest absolute Gasteiger partial charge is 0.277 e. The van der Waals surface area contributed by atoms with Gasteiger partial charge in [-0.25, -0.2) is 0 Å². The van der Waals surface area contributed by atoms with Crippen molar-refractivity contribution in [3.63, 3.8) is 0 Å². The molecule has 0 amide bonds. The predicted molar refractivity (Wildman–Crippen MR) is 76.6 cm³/mol. The number of hydrogen-bond acceptors (Lipinski definition) is 3. The standard InChI is InChI=1S/C13H9BrClNO3/c14-10-5-4-9(13(6-10)16(17)18)8-19-12-3-1-2-11(15)7-12/h1-7H,8H2. The minimum absolute atomic E-state index is 0.0244. The highest BCUT2D eigenvalue weighted by Crippen LogP contribution is 2.25. The zero-order valence-corrected chi connectivity index (χ0v) is 12.0. The topological polar surface area (TPSA) is 52.4 Å². The highest BCUT2D eigenvalue weighted by atomic mass is 79.9. The van der Waals surface area contributed by atoms with Gasteiger partial charge in [0.2, 0.25) is 0 Å². The van der Waals surface area contributed by atoms with E-state index in [1.54, 1.807) is 36.4 Å². The summed E-state index contributed by atoms with van der Waals surface area (Å²) in [5, 5.41) is 11.5. The summed E-state index contributed by atoms with van der Waals surface area (Å²) in [5.41, 5.74) is 0.532. The van der Waals surface area contributed by atoms with Crippen LogP contribution >= 0.6 is 27.5 Å². The first-order valence-corrected chi connectivity index (χ1v) is 6.54. The van der Waals surface area contributed by atoms with E-state index in [0.717, 1.165) is 0 Å². The predicted octanol–water partition coefficient (Wildman–Crippen LogP) is 4.59. The van der Waals surface area contributed by atoms with Crippen LogP contribution in [-0.2, 0) is 6.61 Å². The summed E-state index contributed by atoms with van der Waals surface area (Å²) in [6.07, 6.45) is 0. The van der Waals surface area contributed by atoms with Gasteiger partial charge in [-0.1, -0.05) is 33.6 Å². The van der Waals surface area contributed by atoms with E-state index in [9.17, 15) is 10.1 Å². The van der Waals surface area contributed by atoms with Crippen molar-refractivity contribution >= 4 is 33.2 Å². The monoisotopic (exact) mass is 341 g/mol. The number of nitro benzene ring substituents is 1. The van der Waals surface area contributed by atoms with Crippen LogP contribution in [0, 0.1) is 10.1 Å². The van der Waals surface area contributed by atoms with Crippen LogP contribution in [0.3, 0.4) is 0 Å². The van der Waals surface area contributed by atoms with Crippen molar-refractivity contribution in [2.45, 2.75) is 6.61 Å². The molecule has 0 heterocycles. The average Bonchev–Trinajstić information content (AvgIpc) is 2.37. The van der Waals surface area contributed by atoms with Crippen LogP contribution in [0.15, 0.2) is 46.9 Å². The second-order valence-corrected chi connectivity index (χ2v) is 5.13. The molecule has 98 valence electrons. The van der Waals surface area contributed by atoms with Gasteiger partial charge in [0.1, 0.15) is 12.4 Å². The zero-order valence-electron chi connectivity index (χ0n) is 9.68. The Morgan fingerprint density at radius 3 is 2.74 bits per heavy atom. The Bertz CT molecular complexity index is 619. The highest BCUT2D eigenvalue weighted by Gasteiger charge is 2.14. The number of hydrogen-bond donors (Lipinski definition) is 0. The molecule has 0 fully saturated rings. The second-order valence-electron chi connectivity index (χ2n) is 3.78. The third kappa shape index (κ3) is 3.68. The number of nitro groups is 1. The maximum Gasteiger partial charge on any atom is 0.277 e. The van der Waals surface area contributed by atoms with E-state index >= 15 is 0 Å². The van der Waals surface area contributed by atoms with Crippen molar-refractivity contribution in [1.82, 2.24) is 0 Å². The maximum absolute atomic E-state index is 10.9. The third-order valence-electron chi connectivity index (χ3n) is 2.43. The molecule has 0 aliphatic rings. The summed E-state index contributed by atoms with van der Waals surface area (Å²) < 4.78 is 6.16. The molecule has 0 spiro atoms. The summed E-state index contributed by atoms with van der Waals surface area (Å²) in [6.45, 7) is 0.115. The molecular weight excluding hydrogens is 334 g/mol. The molecule has 2 aromatic rings. The van der Waals surface area contributed by atoms with Crippen molar-refractivity contribution in [3.8, 4) is 5.75 Å². The molecule has 4 nitrogen and oxygen atoms in total. The lowest BCUT2D eigenvalue weighted by molar-refractivity contribution is -0.385. The van der Waals surface area contributed by atoms with E-state index in [4.69, 9.17) is 16.3 Å². The molecule has 19 heavy (non-hydrogen) atoms. The second kappa shape index (κ2) is 6.04. The molecule has 0 aromatic heterocycles. The van der Waals surface area contributed by atoms with Gasteiger partial charge in [0.15, 0.2) is 0 Å². The fourth-order valence-electron chi connectivity index (χ4n) is 1.55. The summed E-state index contributed by atoms with van der Waals surface area (Å²) in [4.78, 5) is 10.5. The lowest BCUT2D eigenvalue weighted by Crippen LogP contribution is -2.00. The number of rotatable bonds is 4. The Kier molecular flexibility index (Phi) is 4.39. The quantitative estimate of drug-likeness (QED) is 0.603. The van der Waals surface area contributed by atoms with Crippen molar-refractivity contribution in [2.24, 2.45) is 0 Å². The summed E-state index contributed by atoms with van der Waals surface area (Å²) in [6, 6.07) is 11.8. The van der Waals surface area contributed by atoms with Crippen LogP contribution in [0.2, 0.25) is 5.02 Å². The molecule has 0 bridgehead atoms. The molecule has 2 aromatic carbocycles. The molecule has 0 unspecified atom stereocenters. The van der Waals surface area contributed by atoms with E-state index < -0.39 is 4.92 Å². The minimum Gasteiger partial charge on any atom is -0.489 e. The van der Waals surface area contributed by atoms with Crippen molar-refractivity contribution in [3.05, 3.63) is 67.6 Å². The Morgan fingerprint density at radius 2 is 2.05 bits per heavy atom. The number of halogens is 2. The van der Waals surface area contributed by atoms with E-state index in [0.29, 0.717) is 20.8 Å². The Balaban J connectivity index is 2.17. The van der Waals surface area contributed by atoms with Gasteiger partial charge in [0, 0.05) is 15.6 Å². The zero-order chi connectivity index (χ0) is 13.8. The normalized spacial score (nSPS) is 10.2. The minimum atomic E-state index is -0.429. The number of ether oxygens (including phenoxy) is 1. The van der Waals surface area contributed by atoms with Gasteiger partial charge in [0.25, 0.3) is 5.69 Å². The van der Waals surface area contributed by atoms with Gasteiger partial charge >= 0.3 is 0 Å². The fraction of sp³-hybridized carbons (Fsp3) is 0.0769. The first kappa shape index (κ1) is 13.8. The van der Waals surface area contributed by atoms with Crippen LogP contribution in [0.1, 0.15) is 5.56 Å². The van der Waals surface area contributed by atoms with Crippen LogP contribution < -0.4 is 4.74 Å². The van der Waals surface area contributed by atoms with Gasteiger partial charge in [0.05, 0.1) is 10.5 Å². The molecule has 6 heteroatoms. The molecular formula is C13H9BrClNO3. The van der Waals surface area contributed by atoms with Gasteiger partial charge in [-0.05, 0) is 30.3 Å². The van der Waals surface area contributed by atoms with Crippen molar-refractivity contribution < 1.29 is 9.66 Å². The van der Waals surface area contributed by atoms with Crippen LogP contribution in [0.5, 0.6) is 5.75 Å². The lowest BCUT2D eigenvalue weighted by atomic mass is 10.2. The SMILES string of the molecule is O=[N+]([O-])c1cc(Br)ccc1COc1cccc(Cl)c1. The maximum atomic E-state index is 10.9. The molecule has 0 saturated heterocycles. The summed E-state index contributed by atoms with van der Waals surface area (Å²) in [5.74, 6) is 0.574. The molecule has 0 atom stereocenters. The van der Waals surface area contributed by atoms with Crippen LogP contribution in [0.25, 0.3) is 0 Å². The Labute approximate surface area is 123 Å². The van der Waals surface area contributed by atoms with E-state index in [-0.39, 0.29) is 12.3 Å². The first-order chi connectivity index (χ1) is 9.06. The first-order valence-electron chi connectivity index (χ1n) is 5.37. The fourth-order valence-corrected chi connectivity index (χ4v) is 2.08. The molecule has 0 radical (unpaired) electrons. The van der Waals surface area contributed by atoms with E-state index in [1.165, 1.54) is 6.07 Å². The molecule has 2 rings (SSSR count). The van der Waals surface area contributed by atoms with Crippen LogP contribution in [0.4, 0.5) is 5.69 Å². The van der Waals surface area contributed by atoms with Crippen molar-refractivity contribution in [1.29, 1.82) is 0 Å².